The number of aliphatic hydroxyl groups excluding tert-OH is 1. The minimum atomic E-state index is -1.18. The third-order valence-corrected chi connectivity index (χ3v) is 9.82. The molecule has 1 aliphatic carbocycles. The molecule has 8 heteroatoms. The largest absolute Gasteiger partial charge is 0.465 e. The van der Waals surface area contributed by atoms with Crippen LogP contribution in [0.4, 0.5) is 0 Å². The lowest BCUT2D eigenvalue weighted by atomic mass is 9.66. The highest BCUT2D eigenvalue weighted by Gasteiger charge is 2.79. The highest BCUT2D eigenvalue weighted by molar-refractivity contribution is 5.99. The SMILES string of the molecule is C=CCCCOC(=O)[C@@H]1[C@H]2C(=O)N([C@H](CO)c3ccccc3)C(C(=O)N(CC=C)C3CCCCC3)C23CC[C@@]1(C)O3. The topological polar surface area (TPSA) is 96.4 Å². The maximum absolute atomic E-state index is 14.8. The van der Waals surface area contributed by atoms with Crippen LogP contribution in [0.5, 0.6) is 0 Å². The van der Waals surface area contributed by atoms with Crippen molar-refractivity contribution < 1.29 is 29.0 Å². The van der Waals surface area contributed by atoms with Gasteiger partial charge in [0.15, 0.2) is 0 Å². The minimum absolute atomic E-state index is 0.0470. The predicted octanol–water partition coefficient (Wildman–Crippen LogP) is 4.34. The maximum Gasteiger partial charge on any atom is 0.312 e. The fraction of sp³-hybridized carbons (Fsp3) is 0.606. The minimum Gasteiger partial charge on any atom is -0.465 e. The molecule has 1 aromatic rings. The number of hydrogen-bond acceptors (Lipinski definition) is 6. The van der Waals surface area contributed by atoms with Crippen molar-refractivity contribution in [2.24, 2.45) is 11.8 Å². The molecule has 8 nitrogen and oxygen atoms in total. The van der Waals surface area contributed by atoms with E-state index in [1.807, 2.05) is 42.2 Å². The smallest absolute Gasteiger partial charge is 0.312 e. The Kier molecular flexibility index (Phi) is 8.71. The van der Waals surface area contributed by atoms with Crippen LogP contribution in [0.3, 0.4) is 0 Å². The quantitative estimate of drug-likeness (QED) is 0.231. The van der Waals surface area contributed by atoms with Gasteiger partial charge in [-0.15, -0.1) is 13.2 Å². The molecule has 1 saturated carbocycles. The summed E-state index contributed by atoms with van der Waals surface area (Å²) in [6.07, 6.45) is 10.9. The molecule has 2 amide bonds. The normalized spacial score (nSPS) is 31.5. The van der Waals surface area contributed by atoms with Gasteiger partial charge in [-0.2, -0.15) is 0 Å². The maximum atomic E-state index is 14.8. The summed E-state index contributed by atoms with van der Waals surface area (Å²) in [5.41, 5.74) is -1.35. The average Bonchev–Trinajstić information content (AvgIpc) is 3.56. The number of amides is 2. The molecule has 2 bridgehead atoms. The van der Waals surface area contributed by atoms with Crippen LogP contribution >= 0.6 is 0 Å². The standard InChI is InChI=1S/C33H44N2O6/c1-4-6-13-21-40-31(39)27-26-29(37)35(25(22-36)23-14-9-7-10-15-23)28(33(26)19-18-32(27,3)41-33)30(38)34(20-5-2)24-16-11-8-12-17-24/h4-5,7,9-10,14-15,24-28,36H,1-2,6,8,11-13,16-22H2,3H3/t25-,26+,27+,28?,32-,33?/m1/s1. The molecule has 0 aromatic heterocycles. The van der Waals surface area contributed by atoms with E-state index in [2.05, 4.69) is 13.2 Å². The van der Waals surface area contributed by atoms with E-state index in [1.165, 1.54) is 0 Å². The lowest BCUT2D eigenvalue weighted by molar-refractivity contribution is -0.162. The summed E-state index contributed by atoms with van der Waals surface area (Å²) in [4.78, 5) is 46.4. The molecule has 6 atom stereocenters. The van der Waals surface area contributed by atoms with Gasteiger partial charge in [-0.05, 0) is 51.0 Å². The van der Waals surface area contributed by atoms with E-state index in [4.69, 9.17) is 9.47 Å². The van der Waals surface area contributed by atoms with Gasteiger partial charge in [0.05, 0.1) is 30.8 Å². The zero-order chi connectivity index (χ0) is 29.2. The summed E-state index contributed by atoms with van der Waals surface area (Å²) in [6, 6.07) is 7.61. The predicted molar refractivity (Wildman–Crippen MR) is 155 cm³/mol. The lowest BCUT2D eigenvalue weighted by Gasteiger charge is -2.42. The van der Waals surface area contributed by atoms with Gasteiger partial charge in [0.2, 0.25) is 11.8 Å². The number of likely N-dealkylation sites (tertiary alicyclic amines) is 1. The summed E-state index contributed by atoms with van der Waals surface area (Å²) < 4.78 is 12.5. The first-order chi connectivity index (χ1) is 19.8. The molecule has 2 unspecified atom stereocenters. The van der Waals surface area contributed by atoms with Crippen molar-refractivity contribution in [2.75, 3.05) is 19.8 Å². The van der Waals surface area contributed by atoms with E-state index in [0.717, 1.165) is 44.1 Å². The van der Waals surface area contributed by atoms with Gasteiger partial charge in [-0.3, -0.25) is 14.4 Å². The third kappa shape index (κ3) is 5.03. The van der Waals surface area contributed by atoms with Gasteiger partial charge in [0.1, 0.15) is 17.6 Å². The second-order valence-corrected chi connectivity index (χ2v) is 12.3. The Balaban J connectivity index is 1.57. The first-order valence-electron chi connectivity index (χ1n) is 15.2. The van der Waals surface area contributed by atoms with Gasteiger partial charge >= 0.3 is 5.97 Å². The number of carbonyl (C=O) groups is 3. The summed E-state index contributed by atoms with van der Waals surface area (Å²) in [5.74, 6) is -2.67. The molecular weight excluding hydrogens is 520 g/mol. The molecule has 1 N–H and O–H groups in total. The van der Waals surface area contributed by atoms with Crippen LogP contribution in [0.2, 0.25) is 0 Å². The fourth-order valence-electron chi connectivity index (χ4n) is 7.96. The highest BCUT2D eigenvalue weighted by Crippen LogP contribution is 2.64. The van der Waals surface area contributed by atoms with Crippen LogP contribution < -0.4 is 0 Å². The number of fused-ring (bicyclic) bond motifs is 1. The van der Waals surface area contributed by atoms with Crippen molar-refractivity contribution in [1.29, 1.82) is 0 Å². The first-order valence-corrected chi connectivity index (χ1v) is 15.2. The number of rotatable bonds is 12. The number of esters is 1. The number of hydrogen-bond donors (Lipinski definition) is 1. The van der Waals surface area contributed by atoms with E-state index < -0.39 is 41.1 Å². The summed E-state index contributed by atoms with van der Waals surface area (Å²) in [7, 11) is 0. The van der Waals surface area contributed by atoms with E-state index in [-0.39, 0.29) is 31.1 Å². The van der Waals surface area contributed by atoms with Crippen LogP contribution in [-0.4, -0.2) is 75.7 Å². The van der Waals surface area contributed by atoms with Crippen molar-refractivity contribution in [1.82, 2.24) is 9.80 Å². The van der Waals surface area contributed by atoms with E-state index in [0.29, 0.717) is 25.8 Å². The second-order valence-electron chi connectivity index (χ2n) is 12.3. The molecule has 222 valence electrons. The van der Waals surface area contributed by atoms with Gasteiger partial charge in [-0.25, -0.2) is 0 Å². The summed E-state index contributed by atoms with van der Waals surface area (Å²) in [5, 5.41) is 10.7. The Morgan fingerprint density at radius 1 is 1.17 bits per heavy atom. The van der Waals surface area contributed by atoms with Crippen molar-refractivity contribution in [2.45, 2.75) is 94.0 Å². The molecule has 3 aliphatic heterocycles. The van der Waals surface area contributed by atoms with E-state index in [9.17, 15) is 19.5 Å². The molecule has 4 fully saturated rings. The number of benzene rings is 1. The Labute approximate surface area is 243 Å². The Morgan fingerprint density at radius 3 is 2.56 bits per heavy atom. The number of ether oxygens (including phenoxy) is 2. The summed E-state index contributed by atoms with van der Waals surface area (Å²) >= 11 is 0. The molecule has 0 radical (unpaired) electrons. The molecular formula is C33H44N2O6. The Hall–Kier alpha value is -2.97. The zero-order valence-corrected chi connectivity index (χ0v) is 24.2. The Morgan fingerprint density at radius 2 is 1.90 bits per heavy atom. The molecule has 3 saturated heterocycles. The van der Waals surface area contributed by atoms with Crippen LogP contribution in [0, 0.1) is 11.8 Å². The van der Waals surface area contributed by atoms with Crippen molar-refractivity contribution >= 4 is 17.8 Å². The first kappa shape index (κ1) is 29.5. The third-order valence-electron chi connectivity index (χ3n) is 9.82. The zero-order valence-electron chi connectivity index (χ0n) is 24.2. The van der Waals surface area contributed by atoms with Crippen LogP contribution in [0.25, 0.3) is 0 Å². The van der Waals surface area contributed by atoms with E-state index >= 15 is 0 Å². The monoisotopic (exact) mass is 564 g/mol. The average molecular weight is 565 g/mol. The van der Waals surface area contributed by atoms with Gasteiger partial charge in [-0.1, -0.05) is 61.7 Å². The number of nitrogens with zero attached hydrogens (tertiary/aromatic N) is 2. The van der Waals surface area contributed by atoms with Gasteiger partial charge < -0.3 is 24.4 Å². The van der Waals surface area contributed by atoms with E-state index in [1.54, 1.807) is 17.1 Å². The van der Waals surface area contributed by atoms with Crippen molar-refractivity contribution in [3.8, 4) is 0 Å². The van der Waals surface area contributed by atoms with Crippen molar-refractivity contribution in [3.05, 3.63) is 61.2 Å². The number of unbranched alkanes of at least 4 members (excludes halogenated alkanes) is 1. The van der Waals surface area contributed by atoms with Gasteiger partial charge in [0, 0.05) is 12.6 Å². The Bertz CT molecular complexity index is 1150. The highest BCUT2D eigenvalue weighted by atomic mass is 16.6. The number of carbonyl (C=O) groups excluding carboxylic acids is 3. The number of allylic oxidation sites excluding steroid dienone is 1. The van der Waals surface area contributed by atoms with Crippen molar-refractivity contribution in [3.63, 3.8) is 0 Å². The molecule has 3 heterocycles. The molecule has 1 aromatic carbocycles. The fourth-order valence-corrected chi connectivity index (χ4v) is 7.96. The summed E-state index contributed by atoms with van der Waals surface area (Å²) in [6.45, 7) is 9.75. The second kappa shape index (κ2) is 12.1. The van der Waals surface area contributed by atoms with Crippen LogP contribution in [0.1, 0.15) is 76.3 Å². The van der Waals surface area contributed by atoms with Gasteiger partial charge in [0.25, 0.3) is 0 Å². The molecule has 41 heavy (non-hydrogen) atoms. The molecule has 5 rings (SSSR count). The molecule has 1 spiro atoms. The van der Waals surface area contributed by atoms with Crippen LogP contribution in [0.15, 0.2) is 55.6 Å². The lowest BCUT2D eigenvalue weighted by Crippen LogP contribution is -2.59. The number of aliphatic hydroxyl groups is 1. The molecule has 4 aliphatic rings. The van der Waals surface area contributed by atoms with Crippen LogP contribution in [-0.2, 0) is 23.9 Å².